The Morgan fingerprint density at radius 1 is 1.37 bits per heavy atom. The van der Waals surface area contributed by atoms with Gasteiger partial charge in [0.25, 0.3) is 0 Å². The zero-order valence-electron chi connectivity index (χ0n) is 11.4. The van der Waals surface area contributed by atoms with E-state index in [1.807, 2.05) is 13.8 Å². The fourth-order valence-electron chi connectivity index (χ4n) is 1.57. The molecule has 1 unspecified atom stereocenters. The summed E-state index contributed by atoms with van der Waals surface area (Å²) in [5.74, 6) is -0.768. The second-order valence-electron chi connectivity index (χ2n) is 4.26. The standard InChI is InChI=1S/C14H21F2NOS/c1-3-18-8-4-7-17-10-11(2)19-14-9-12(15)5-6-13(14)16/h5-6,9,11,17H,3-4,7-8,10H2,1-2H3. The molecule has 0 aliphatic carbocycles. The van der Waals surface area contributed by atoms with Gasteiger partial charge in [0.1, 0.15) is 11.6 Å². The molecule has 0 aliphatic heterocycles. The molecule has 5 heteroatoms. The summed E-state index contributed by atoms with van der Waals surface area (Å²) in [5.41, 5.74) is 0. The summed E-state index contributed by atoms with van der Waals surface area (Å²) >= 11 is 1.34. The van der Waals surface area contributed by atoms with Gasteiger partial charge in [0, 0.05) is 29.9 Å². The fraction of sp³-hybridized carbons (Fsp3) is 0.571. The van der Waals surface area contributed by atoms with E-state index in [-0.39, 0.29) is 11.1 Å². The molecule has 1 rings (SSSR count). The molecule has 0 aromatic heterocycles. The van der Waals surface area contributed by atoms with E-state index in [2.05, 4.69) is 5.32 Å². The Kier molecular flexibility index (Phi) is 8.02. The van der Waals surface area contributed by atoms with Crippen LogP contribution in [0.4, 0.5) is 8.78 Å². The topological polar surface area (TPSA) is 21.3 Å². The number of halogens is 2. The first-order valence-electron chi connectivity index (χ1n) is 6.53. The molecule has 1 aromatic carbocycles. The minimum atomic E-state index is -0.402. The van der Waals surface area contributed by atoms with Crippen LogP contribution >= 0.6 is 11.8 Å². The first-order valence-corrected chi connectivity index (χ1v) is 7.41. The summed E-state index contributed by atoms with van der Waals surface area (Å²) in [6.07, 6.45) is 0.958. The smallest absolute Gasteiger partial charge is 0.136 e. The first kappa shape index (κ1) is 16.4. The molecule has 108 valence electrons. The third kappa shape index (κ3) is 6.89. The van der Waals surface area contributed by atoms with Crippen molar-refractivity contribution in [2.75, 3.05) is 26.3 Å². The van der Waals surface area contributed by atoms with Crippen LogP contribution < -0.4 is 5.32 Å². The summed E-state index contributed by atoms with van der Waals surface area (Å²) in [7, 11) is 0. The second-order valence-corrected chi connectivity index (χ2v) is 5.74. The van der Waals surface area contributed by atoms with Crippen LogP contribution in [0.2, 0.25) is 0 Å². The van der Waals surface area contributed by atoms with Gasteiger partial charge < -0.3 is 10.1 Å². The van der Waals surface area contributed by atoms with E-state index in [1.54, 1.807) is 0 Å². The highest BCUT2D eigenvalue weighted by Gasteiger charge is 2.09. The largest absolute Gasteiger partial charge is 0.382 e. The van der Waals surface area contributed by atoms with Crippen molar-refractivity contribution in [3.63, 3.8) is 0 Å². The molecule has 1 N–H and O–H groups in total. The van der Waals surface area contributed by atoms with Crippen LogP contribution in [0.5, 0.6) is 0 Å². The molecule has 0 amide bonds. The average Bonchev–Trinajstić information content (AvgIpc) is 2.38. The molecule has 0 saturated carbocycles. The van der Waals surface area contributed by atoms with Gasteiger partial charge in [-0.25, -0.2) is 8.78 Å². The van der Waals surface area contributed by atoms with E-state index >= 15 is 0 Å². The maximum absolute atomic E-state index is 13.4. The van der Waals surface area contributed by atoms with E-state index in [0.29, 0.717) is 4.90 Å². The molecule has 1 aromatic rings. The first-order chi connectivity index (χ1) is 9.13. The number of hydrogen-bond donors (Lipinski definition) is 1. The predicted octanol–water partition coefficient (Wildman–Crippen LogP) is 3.46. The van der Waals surface area contributed by atoms with Crippen molar-refractivity contribution in [2.45, 2.75) is 30.4 Å². The Balaban J connectivity index is 2.23. The van der Waals surface area contributed by atoms with Crippen molar-refractivity contribution >= 4 is 11.8 Å². The lowest BCUT2D eigenvalue weighted by molar-refractivity contribution is 0.145. The minimum absolute atomic E-state index is 0.184. The SMILES string of the molecule is CCOCCCNCC(C)Sc1cc(F)ccc1F. The van der Waals surface area contributed by atoms with Gasteiger partial charge in [0.2, 0.25) is 0 Å². The van der Waals surface area contributed by atoms with Gasteiger partial charge in [-0.3, -0.25) is 0 Å². The fourth-order valence-corrected chi connectivity index (χ4v) is 2.57. The van der Waals surface area contributed by atoms with E-state index in [0.717, 1.165) is 38.8 Å². The van der Waals surface area contributed by atoms with Crippen LogP contribution in [-0.2, 0) is 4.74 Å². The van der Waals surface area contributed by atoms with E-state index < -0.39 is 5.82 Å². The molecule has 0 aliphatic rings. The van der Waals surface area contributed by atoms with Crippen molar-refractivity contribution in [3.05, 3.63) is 29.8 Å². The highest BCUT2D eigenvalue weighted by Crippen LogP contribution is 2.26. The zero-order chi connectivity index (χ0) is 14.1. The number of rotatable bonds is 9. The molecular formula is C14H21F2NOS. The van der Waals surface area contributed by atoms with Gasteiger partial charge in [-0.15, -0.1) is 11.8 Å². The molecule has 2 nitrogen and oxygen atoms in total. The van der Waals surface area contributed by atoms with Crippen LogP contribution in [0.25, 0.3) is 0 Å². The Morgan fingerprint density at radius 3 is 2.89 bits per heavy atom. The summed E-state index contributed by atoms with van der Waals surface area (Å²) < 4.78 is 31.7. The number of benzene rings is 1. The predicted molar refractivity (Wildman–Crippen MR) is 75.7 cm³/mol. The van der Waals surface area contributed by atoms with Crippen molar-refractivity contribution in [3.8, 4) is 0 Å². The Hall–Kier alpha value is -0.650. The molecule has 0 heterocycles. The van der Waals surface area contributed by atoms with Crippen molar-refractivity contribution in [2.24, 2.45) is 0 Å². The maximum Gasteiger partial charge on any atom is 0.136 e. The summed E-state index contributed by atoms with van der Waals surface area (Å²) in [6.45, 7) is 7.09. The van der Waals surface area contributed by atoms with Crippen LogP contribution in [0.1, 0.15) is 20.3 Å². The molecule has 19 heavy (non-hydrogen) atoms. The van der Waals surface area contributed by atoms with Gasteiger partial charge in [-0.05, 0) is 38.1 Å². The van der Waals surface area contributed by atoms with E-state index in [1.165, 1.54) is 23.9 Å². The van der Waals surface area contributed by atoms with E-state index in [4.69, 9.17) is 4.74 Å². The number of nitrogens with one attached hydrogen (secondary N) is 1. The molecule has 0 bridgehead atoms. The third-order valence-corrected chi connectivity index (χ3v) is 3.64. The minimum Gasteiger partial charge on any atom is -0.382 e. The van der Waals surface area contributed by atoms with Crippen molar-refractivity contribution < 1.29 is 13.5 Å². The average molecular weight is 289 g/mol. The van der Waals surface area contributed by atoms with Crippen LogP contribution in [0.15, 0.2) is 23.1 Å². The highest BCUT2D eigenvalue weighted by atomic mass is 32.2. The van der Waals surface area contributed by atoms with Crippen LogP contribution in [0.3, 0.4) is 0 Å². The Bertz CT molecular complexity index is 376. The molecule has 1 atom stereocenters. The number of thioether (sulfide) groups is 1. The van der Waals surface area contributed by atoms with Gasteiger partial charge in [0.15, 0.2) is 0 Å². The lowest BCUT2D eigenvalue weighted by Crippen LogP contribution is -2.24. The monoisotopic (exact) mass is 289 g/mol. The lowest BCUT2D eigenvalue weighted by Gasteiger charge is -2.13. The van der Waals surface area contributed by atoms with Gasteiger partial charge in [-0.2, -0.15) is 0 Å². The summed E-state index contributed by atoms with van der Waals surface area (Å²) in [6, 6.07) is 3.54. The summed E-state index contributed by atoms with van der Waals surface area (Å²) in [4.78, 5) is 0.364. The molecule has 0 saturated heterocycles. The van der Waals surface area contributed by atoms with Gasteiger partial charge in [0.05, 0.1) is 0 Å². The number of ether oxygens (including phenoxy) is 1. The molecular weight excluding hydrogens is 268 g/mol. The number of hydrogen-bond acceptors (Lipinski definition) is 3. The Morgan fingerprint density at radius 2 is 2.16 bits per heavy atom. The van der Waals surface area contributed by atoms with Crippen LogP contribution in [0, 0.1) is 11.6 Å². The van der Waals surface area contributed by atoms with Gasteiger partial charge >= 0.3 is 0 Å². The zero-order valence-corrected chi connectivity index (χ0v) is 12.2. The second kappa shape index (κ2) is 9.28. The quantitative estimate of drug-likeness (QED) is 0.555. The molecule has 0 fully saturated rings. The van der Waals surface area contributed by atoms with Gasteiger partial charge in [-0.1, -0.05) is 6.92 Å². The summed E-state index contributed by atoms with van der Waals surface area (Å²) in [5, 5.41) is 3.47. The van der Waals surface area contributed by atoms with E-state index in [9.17, 15) is 8.78 Å². The Labute approximate surface area is 117 Å². The molecule has 0 radical (unpaired) electrons. The maximum atomic E-state index is 13.4. The van der Waals surface area contributed by atoms with Crippen LogP contribution in [-0.4, -0.2) is 31.6 Å². The normalized spacial score (nSPS) is 12.6. The highest BCUT2D eigenvalue weighted by molar-refractivity contribution is 8.00. The molecule has 0 spiro atoms. The van der Waals surface area contributed by atoms with Crippen molar-refractivity contribution in [1.29, 1.82) is 0 Å². The lowest BCUT2D eigenvalue weighted by atomic mass is 10.3. The third-order valence-electron chi connectivity index (χ3n) is 2.50. The van der Waals surface area contributed by atoms with Crippen molar-refractivity contribution in [1.82, 2.24) is 5.32 Å².